The molecule has 6 atom stereocenters. The van der Waals surface area contributed by atoms with E-state index in [4.69, 9.17) is 25.0 Å². The molecule has 19 nitrogen and oxygen atoms in total. The molecule has 1 fully saturated rings. The summed E-state index contributed by atoms with van der Waals surface area (Å²) in [7, 11) is -17.2. The predicted molar refractivity (Wildman–Crippen MR) is 148 cm³/mol. The van der Waals surface area contributed by atoms with Crippen molar-refractivity contribution >= 4 is 41.0 Å². The summed E-state index contributed by atoms with van der Waals surface area (Å²) in [6.45, 7) is -1.13. The highest BCUT2D eigenvalue weighted by Gasteiger charge is 2.49. The topological polar surface area (TPSA) is 294 Å². The SMILES string of the molecule is Nc1ccn([C@@H]2O[C@H](COP(=O)(O)OP(=O)(O)OP(=O)(O)O)[C@@H](OC(=O)c3ccc(C(=O)c4ccccc4)cc3)[C@H]2O)c(=O)n1. The van der Waals surface area contributed by atoms with Gasteiger partial charge in [0.1, 0.15) is 18.0 Å². The van der Waals surface area contributed by atoms with Gasteiger partial charge in [0.25, 0.3) is 0 Å². The van der Waals surface area contributed by atoms with E-state index in [1.165, 1.54) is 30.3 Å². The molecule has 4 rings (SSSR count). The van der Waals surface area contributed by atoms with Crippen LogP contribution in [0.1, 0.15) is 32.5 Å². The molecule has 0 bridgehead atoms. The number of aliphatic hydroxyl groups is 1. The van der Waals surface area contributed by atoms with E-state index in [2.05, 4.69) is 18.1 Å². The summed E-state index contributed by atoms with van der Waals surface area (Å²) < 4.78 is 58.3. The Kier molecular flexibility index (Phi) is 10.4. The number of phosphoric ester groups is 1. The van der Waals surface area contributed by atoms with Gasteiger partial charge in [-0.3, -0.25) is 13.9 Å². The first-order valence-corrected chi connectivity index (χ1v) is 16.8. The van der Waals surface area contributed by atoms with Crippen LogP contribution < -0.4 is 11.4 Å². The highest BCUT2D eigenvalue weighted by Crippen LogP contribution is 2.66. The van der Waals surface area contributed by atoms with Crippen molar-refractivity contribution in [2.24, 2.45) is 0 Å². The van der Waals surface area contributed by atoms with Crippen LogP contribution in [0.2, 0.25) is 0 Å². The average molecular weight is 691 g/mol. The van der Waals surface area contributed by atoms with Crippen molar-refractivity contribution in [3.05, 3.63) is 94.0 Å². The minimum Gasteiger partial charge on any atom is -0.453 e. The first-order chi connectivity index (χ1) is 20.9. The molecule has 0 spiro atoms. The van der Waals surface area contributed by atoms with Crippen LogP contribution in [0, 0.1) is 0 Å². The van der Waals surface area contributed by atoms with Crippen molar-refractivity contribution in [3.8, 4) is 0 Å². The summed E-state index contributed by atoms with van der Waals surface area (Å²) in [5.74, 6) is -1.58. The molecule has 242 valence electrons. The molecule has 22 heteroatoms. The third-order valence-electron chi connectivity index (χ3n) is 5.91. The lowest BCUT2D eigenvalue weighted by molar-refractivity contribution is -0.0553. The van der Waals surface area contributed by atoms with Crippen LogP contribution in [0.5, 0.6) is 0 Å². The number of anilines is 1. The van der Waals surface area contributed by atoms with Crippen molar-refractivity contribution in [3.63, 3.8) is 0 Å². The fourth-order valence-corrected chi connectivity index (χ4v) is 7.05. The Morgan fingerprint density at radius 1 is 0.889 bits per heavy atom. The minimum absolute atomic E-state index is 0.104. The van der Waals surface area contributed by atoms with Gasteiger partial charge in [0.05, 0.1) is 12.2 Å². The first-order valence-electron chi connectivity index (χ1n) is 12.3. The molecular weight excluding hydrogens is 667 g/mol. The number of ether oxygens (including phenoxy) is 2. The number of rotatable bonds is 12. The van der Waals surface area contributed by atoms with E-state index in [-0.39, 0.29) is 22.7 Å². The number of nitrogens with zero attached hydrogens (tertiary/aromatic N) is 2. The Hall–Kier alpha value is -3.41. The second-order valence-corrected chi connectivity index (χ2v) is 13.5. The number of carbonyl (C=O) groups excluding carboxylic acids is 2. The molecule has 0 aliphatic carbocycles. The third kappa shape index (κ3) is 9.08. The summed E-state index contributed by atoms with van der Waals surface area (Å²) in [5.41, 5.74) is 5.01. The van der Waals surface area contributed by atoms with E-state index in [1.807, 2.05) is 0 Å². The molecule has 2 unspecified atom stereocenters. The van der Waals surface area contributed by atoms with E-state index >= 15 is 0 Å². The van der Waals surface area contributed by atoms with Gasteiger partial charge in [-0.05, 0) is 18.2 Å². The maximum absolute atomic E-state index is 13.0. The fraction of sp³-hybridized carbons (Fsp3) is 0.217. The number of carbonyl (C=O) groups is 2. The maximum Gasteiger partial charge on any atom is 0.490 e. The number of ketones is 1. The molecule has 3 aromatic rings. The Morgan fingerprint density at radius 2 is 1.49 bits per heavy atom. The van der Waals surface area contributed by atoms with E-state index in [0.717, 1.165) is 10.8 Å². The van der Waals surface area contributed by atoms with Crippen LogP contribution in [0.4, 0.5) is 5.82 Å². The van der Waals surface area contributed by atoms with Crippen LogP contribution in [-0.2, 0) is 36.3 Å². The van der Waals surface area contributed by atoms with Gasteiger partial charge in [0, 0.05) is 17.3 Å². The molecule has 0 amide bonds. The van der Waals surface area contributed by atoms with E-state index in [9.17, 15) is 43.0 Å². The van der Waals surface area contributed by atoms with Gasteiger partial charge in [0.15, 0.2) is 18.1 Å². The number of phosphoric acid groups is 3. The van der Waals surface area contributed by atoms with Crippen molar-refractivity contribution in [1.29, 1.82) is 0 Å². The van der Waals surface area contributed by atoms with Gasteiger partial charge < -0.3 is 39.9 Å². The van der Waals surface area contributed by atoms with Gasteiger partial charge in [0.2, 0.25) is 0 Å². The molecule has 2 aromatic carbocycles. The lowest BCUT2D eigenvalue weighted by Crippen LogP contribution is -2.39. The average Bonchev–Trinajstić information content (AvgIpc) is 3.24. The maximum atomic E-state index is 13.0. The van der Waals surface area contributed by atoms with Crippen LogP contribution in [0.25, 0.3) is 0 Å². The van der Waals surface area contributed by atoms with Crippen LogP contribution in [0.15, 0.2) is 71.7 Å². The largest absolute Gasteiger partial charge is 0.490 e. The predicted octanol–water partition coefficient (Wildman–Crippen LogP) is 0.884. The molecule has 0 radical (unpaired) electrons. The van der Waals surface area contributed by atoms with Crippen LogP contribution >= 0.6 is 23.5 Å². The van der Waals surface area contributed by atoms with Gasteiger partial charge in [-0.2, -0.15) is 13.6 Å². The zero-order valence-electron chi connectivity index (χ0n) is 22.4. The summed E-state index contributed by atoms with van der Waals surface area (Å²) in [6.07, 6.45) is -5.83. The van der Waals surface area contributed by atoms with Crippen LogP contribution in [0.3, 0.4) is 0 Å². The van der Waals surface area contributed by atoms with Crippen molar-refractivity contribution < 1.29 is 70.6 Å². The molecule has 7 N–H and O–H groups in total. The fourth-order valence-electron chi connectivity index (χ4n) is 4.03. The molecule has 1 aromatic heterocycles. The molecule has 1 aliphatic rings. The van der Waals surface area contributed by atoms with Crippen molar-refractivity contribution in [2.75, 3.05) is 12.3 Å². The molecular formula is C23H24N3O16P3. The highest BCUT2D eigenvalue weighted by atomic mass is 31.3. The third-order valence-corrected chi connectivity index (χ3v) is 9.72. The Labute approximate surface area is 252 Å². The van der Waals surface area contributed by atoms with E-state index < -0.39 is 66.3 Å². The molecule has 2 heterocycles. The number of nitrogen functional groups attached to an aromatic ring is 1. The second-order valence-electron chi connectivity index (χ2n) is 9.13. The number of benzene rings is 2. The standard InChI is InChI=1S/C23H24N3O16P3/c24-17-10-11-26(23(30)25-17)21-19(28)20(16(39-21)12-38-44(34,35)42-45(36,37)41-43(31,32)33)40-22(29)15-8-6-14(7-9-15)18(27)13-4-2-1-3-5-13/h1-11,16,19-21,28H,12H2,(H,34,35)(H,36,37)(H2,24,25,30)(H2,31,32,33)/t16-,19-,20-,21-/m1/s1. The lowest BCUT2D eigenvalue weighted by atomic mass is 10.0. The molecule has 1 aliphatic heterocycles. The monoisotopic (exact) mass is 691 g/mol. The van der Waals surface area contributed by atoms with Gasteiger partial charge in [-0.25, -0.2) is 23.3 Å². The summed E-state index contributed by atoms with van der Waals surface area (Å²) >= 11 is 0. The summed E-state index contributed by atoms with van der Waals surface area (Å²) in [6, 6.07) is 14.7. The van der Waals surface area contributed by atoms with Crippen molar-refractivity contribution in [2.45, 2.75) is 24.5 Å². The van der Waals surface area contributed by atoms with Gasteiger partial charge in [-0.1, -0.05) is 42.5 Å². The molecule has 0 saturated carbocycles. The zero-order valence-corrected chi connectivity index (χ0v) is 25.1. The molecule has 1 saturated heterocycles. The Morgan fingerprint density at radius 3 is 2.09 bits per heavy atom. The summed E-state index contributed by atoms with van der Waals surface area (Å²) in [4.78, 5) is 78.1. The van der Waals surface area contributed by atoms with E-state index in [0.29, 0.717) is 5.56 Å². The Bertz CT molecular complexity index is 1760. The van der Waals surface area contributed by atoms with Crippen molar-refractivity contribution in [1.82, 2.24) is 9.55 Å². The minimum atomic E-state index is -5.86. The molecule has 45 heavy (non-hydrogen) atoms. The smallest absolute Gasteiger partial charge is 0.453 e. The number of esters is 1. The quantitative estimate of drug-likeness (QED) is 0.0872. The number of nitrogens with two attached hydrogens (primary N) is 1. The van der Waals surface area contributed by atoms with Gasteiger partial charge in [-0.15, -0.1) is 0 Å². The number of hydrogen-bond acceptors (Lipinski definition) is 14. The zero-order chi connectivity index (χ0) is 33.2. The summed E-state index contributed by atoms with van der Waals surface area (Å²) in [5, 5.41) is 11.0. The van der Waals surface area contributed by atoms with Crippen LogP contribution in [-0.4, -0.2) is 70.9 Å². The Balaban J connectivity index is 1.54. The number of aromatic nitrogens is 2. The first kappa shape index (κ1) is 34.5. The highest BCUT2D eigenvalue weighted by molar-refractivity contribution is 7.66. The second kappa shape index (κ2) is 13.5. The number of hydrogen-bond donors (Lipinski definition) is 6. The number of aliphatic hydroxyl groups excluding tert-OH is 1. The van der Waals surface area contributed by atoms with E-state index in [1.54, 1.807) is 30.3 Å². The normalized spacial score (nSPS) is 22.7. The van der Waals surface area contributed by atoms with Gasteiger partial charge >= 0.3 is 35.1 Å². The lowest BCUT2D eigenvalue weighted by Gasteiger charge is -2.22.